The molecule has 0 saturated heterocycles. The van der Waals surface area contributed by atoms with Crippen LogP contribution in [0, 0.1) is 11.3 Å². The molecule has 4 saturated carbocycles. The van der Waals surface area contributed by atoms with E-state index in [0.717, 1.165) is 12.5 Å². The van der Waals surface area contributed by atoms with Crippen molar-refractivity contribution in [2.24, 2.45) is 11.3 Å². The van der Waals surface area contributed by atoms with Crippen LogP contribution in [-0.4, -0.2) is 47.0 Å². The smallest absolute Gasteiger partial charge is 0.338 e. The van der Waals surface area contributed by atoms with E-state index in [9.17, 15) is 28.0 Å². The molecular formula is C24H26O7S. The van der Waals surface area contributed by atoms with Gasteiger partial charge in [0.2, 0.25) is 0 Å². The molecule has 0 amide bonds. The van der Waals surface area contributed by atoms with Gasteiger partial charge in [-0.2, -0.15) is 8.42 Å². The molecular weight excluding hydrogens is 432 g/mol. The molecule has 2 aromatic carbocycles. The fourth-order valence-corrected chi connectivity index (χ4v) is 7.21. The number of carbonyl (C=O) groups is 1. The Labute approximate surface area is 186 Å². The van der Waals surface area contributed by atoms with Crippen LogP contribution in [0.15, 0.2) is 53.4 Å². The lowest BCUT2D eigenvalue weighted by atomic mass is 9.46. The maximum atomic E-state index is 12.9. The first-order valence-corrected chi connectivity index (χ1v) is 12.2. The van der Waals surface area contributed by atoms with Crippen molar-refractivity contribution in [2.75, 3.05) is 6.61 Å². The predicted molar refractivity (Wildman–Crippen MR) is 115 cm³/mol. The molecule has 6 rings (SSSR count). The van der Waals surface area contributed by atoms with Crippen molar-refractivity contribution in [3.63, 3.8) is 0 Å². The third-order valence-corrected chi connectivity index (χ3v) is 8.01. The molecule has 4 aliphatic carbocycles. The summed E-state index contributed by atoms with van der Waals surface area (Å²) in [5.41, 5.74) is -1.16. The van der Waals surface area contributed by atoms with Crippen LogP contribution in [0.1, 0.15) is 48.9 Å². The van der Waals surface area contributed by atoms with Crippen molar-refractivity contribution in [1.29, 1.82) is 0 Å². The molecule has 170 valence electrons. The highest BCUT2D eigenvalue weighted by atomic mass is 32.2. The highest BCUT2D eigenvalue weighted by Gasteiger charge is 2.63. The second-order valence-electron chi connectivity index (χ2n) is 10.1. The van der Waals surface area contributed by atoms with E-state index >= 15 is 0 Å². The zero-order valence-corrected chi connectivity index (χ0v) is 18.3. The molecule has 4 bridgehead atoms. The van der Waals surface area contributed by atoms with Crippen molar-refractivity contribution in [3.8, 4) is 11.1 Å². The number of aliphatic hydroxyl groups is 2. The fourth-order valence-electron chi connectivity index (χ4n) is 6.66. The Kier molecular flexibility index (Phi) is 4.80. The van der Waals surface area contributed by atoms with Crippen molar-refractivity contribution in [1.82, 2.24) is 0 Å². The molecule has 4 aliphatic rings. The van der Waals surface area contributed by atoms with Gasteiger partial charge in [0.05, 0.1) is 28.3 Å². The van der Waals surface area contributed by atoms with Crippen LogP contribution >= 0.6 is 0 Å². The number of rotatable bonds is 5. The average molecular weight is 459 g/mol. The van der Waals surface area contributed by atoms with Crippen molar-refractivity contribution in [2.45, 2.75) is 54.6 Å². The largest absolute Gasteiger partial charge is 0.461 e. The van der Waals surface area contributed by atoms with Gasteiger partial charge in [-0.25, -0.2) is 4.79 Å². The van der Waals surface area contributed by atoms with Crippen LogP contribution in [0.25, 0.3) is 11.1 Å². The summed E-state index contributed by atoms with van der Waals surface area (Å²) >= 11 is 0. The van der Waals surface area contributed by atoms with Gasteiger partial charge >= 0.3 is 5.97 Å². The van der Waals surface area contributed by atoms with Crippen LogP contribution in [0.5, 0.6) is 0 Å². The fraction of sp³-hybridized carbons (Fsp3) is 0.458. The Bertz CT molecular complexity index is 1160. The summed E-state index contributed by atoms with van der Waals surface area (Å²) in [5, 5.41) is 21.8. The quantitative estimate of drug-likeness (QED) is 0.465. The van der Waals surface area contributed by atoms with Gasteiger partial charge in [-0.15, -0.1) is 0 Å². The monoisotopic (exact) mass is 458 g/mol. The minimum Gasteiger partial charge on any atom is -0.461 e. The van der Waals surface area contributed by atoms with E-state index in [2.05, 4.69) is 0 Å². The van der Waals surface area contributed by atoms with Gasteiger partial charge in [-0.3, -0.25) is 4.55 Å². The molecule has 8 heteroatoms. The lowest BCUT2D eigenvalue weighted by Crippen LogP contribution is -2.64. The van der Waals surface area contributed by atoms with E-state index in [1.807, 2.05) is 6.07 Å². The Morgan fingerprint density at radius 3 is 2.19 bits per heavy atom. The third-order valence-electron chi connectivity index (χ3n) is 7.18. The van der Waals surface area contributed by atoms with Crippen molar-refractivity contribution >= 4 is 16.1 Å². The molecule has 0 spiro atoms. The first kappa shape index (κ1) is 21.6. The topological polar surface area (TPSA) is 121 Å². The first-order valence-electron chi connectivity index (χ1n) is 10.8. The lowest BCUT2D eigenvalue weighted by molar-refractivity contribution is -0.237. The molecule has 0 aromatic heterocycles. The predicted octanol–water partition coefficient (Wildman–Crippen LogP) is 3.20. The minimum atomic E-state index is -4.53. The minimum absolute atomic E-state index is 0.0149. The van der Waals surface area contributed by atoms with Crippen molar-refractivity contribution < 1.29 is 32.7 Å². The zero-order valence-electron chi connectivity index (χ0n) is 17.5. The van der Waals surface area contributed by atoms with Crippen molar-refractivity contribution in [3.05, 3.63) is 54.1 Å². The summed E-state index contributed by atoms with van der Waals surface area (Å²) < 4.78 is 38.8. The number of esters is 1. The Morgan fingerprint density at radius 1 is 0.938 bits per heavy atom. The van der Waals surface area contributed by atoms with Crippen LogP contribution in [0.2, 0.25) is 0 Å². The number of hydrogen-bond acceptors (Lipinski definition) is 6. The second kappa shape index (κ2) is 7.12. The highest BCUT2D eigenvalue weighted by molar-refractivity contribution is 7.85. The summed E-state index contributed by atoms with van der Waals surface area (Å²) in [4.78, 5) is 12.6. The van der Waals surface area contributed by atoms with Crippen LogP contribution in [0.3, 0.4) is 0 Å². The van der Waals surface area contributed by atoms with Gasteiger partial charge in [0.15, 0.2) is 0 Å². The van der Waals surface area contributed by atoms with E-state index in [4.69, 9.17) is 4.74 Å². The number of carbonyl (C=O) groups excluding carboxylic acids is 1. The number of benzene rings is 2. The van der Waals surface area contributed by atoms with E-state index in [1.165, 1.54) is 12.1 Å². The summed E-state index contributed by atoms with van der Waals surface area (Å²) in [5.74, 6) is -0.505. The molecule has 4 fully saturated rings. The Morgan fingerprint density at radius 2 is 1.59 bits per heavy atom. The summed E-state index contributed by atoms with van der Waals surface area (Å²) in [6, 6.07) is 12.9. The van der Waals surface area contributed by atoms with Crippen LogP contribution in [-0.2, 0) is 14.9 Å². The average Bonchev–Trinajstić information content (AvgIpc) is 2.69. The molecule has 2 unspecified atom stereocenters. The van der Waals surface area contributed by atoms with E-state index in [1.54, 1.807) is 24.3 Å². The Hall–Kier alpha value is -2.26. The van der Waals surface area contributed by atoms with E-state index in [-0.39, 0.29) is 23.0 Å². The molecule has 0 heterocycles. The molecule has 32 heavy (non-hydrogen) atoms. The van der Waals surface area contributed by atoms with Gasteiger partial charge in [0, 0.05) is 11.8 Å². The lowest BCUT2D eigenvalue weighted by Gasteiger charge is -2.62. The van der Waals surface area contributed by atoms with Gasteiger partial charge in [-0.05, 0) is 67.3 Å². The highest BCUT2D eigenvalue weighted by Crippen LogP contribution is 2.63. The summed E-state index contributed by atoms with van der Waals surface area (Å²) in [6.07, 6.45) is 3.44. The molecule has 2 aromatic rings. The van der Waals surface area contributed by atoms with Gasteiger partial charge in [0.1, 0.15) is 0 Å². The standard InChI is InChI=1S/C24H26O7S/c25-21(31-15-22-9-16-10-23(26,12-22)14-24(27,11-16)13-22)19-6-18(17-4-2-1-3-5-17)7-20(8-19)32(28,29)30/h1-8,16,26-27H,9-15H2,(H,28,29,30). The maximum absolute atomic E-state index is 12.9. The van der Waals surface area contributed by atoms with Gasteiger partial charge in [0.25, 0.3) is 10.1 Å². The Balaban J connectivity index is 1.41. The third kappa shape index (κ3) is 3.96. The first-order chi connectivity index (χ1) is 15.0. The van der Waals surface area contributed by atoms with Crippen LogP contribution < -0.4 is 0 Å². The number of ether oxygens (including phenoxy) is 1. The maximum Gasteiger partial charge on any atom is 0.338 e. The summed E-state index contributed by atoms with van der Waals surface area (Å²) in [7, 11) is -4.53. The van der Waals surface area contributed by atoms with Gasteiger partial charge in [-0.1, -0.05) is 30.3 Å². The second-order valence-corrected chi connectivity index (χ2v) is 11.5. The zero-order chi connectivity index (χ0) is 22.8. The van der Waals surface area contributed by atoms with Gasteiger partial charge < -0.3 is 14.9 Å². The number of hydrogen-bond donors (Lipinski definition) is 3. The van der Waals surface area contributed by atoms with E-state index in [0.29, 0.717) is 43.2 Å². The SMILES string of the molecule is O=C(OCC12CC3CC(O)(CC(O)(C3)C1)C2)c1cc(-c2ccccc2)cc(S(=O)(=O)O)c1. The van der Waals surface area contributed by atoms with Crippen LogP contribution in [0.4, 0.5) is 0 Å². The molecule has 0 aliphatic heterocycles. The summed E-state index contributed by atoms with van der Waals surface area (Å²) in [6.45, 7) is 0.0454. The molecule has 3 N–H and O–H groups in total. The molecule has 0 radical (unpaired) electrons. The molecule has 2 atom stereocenters. The van der Waals surface area contributed by atoms with E-state index < -0.39 is 32.7 Å². The molecule has 7 nitrogen and oxygen atoms in total. The normalized spacial score (nSPS) is 33.3.